The van der Waals surface area contributed by atoms with Crippen LogP contribution in [0, 0.1) is 0 Å². The average molecular weight is 205 g/mol. The lowest BCUT2D eigenvalue weighted by Crippen LogP contribution is -2.14. The van der Waals surface area contributed by atoms with Gasteiger partial charge in [-0.05, 0) is 38.3 Å². The van der Waals surface area contributed by atoms with E-state index in [1.165, 1.54) is 11.3 Å². The Morgan fingerprint density at radius 3 is 2.47 bits per heavy atom. The Morgan fingerprint density at radius 2 is 2.00 bits per heavy atom. The van der Waals surface area contributed by atoms with Crippen LogP contribution in [0.3, 0.4) is 0 Å². The van der Waals surface area contributed by atoms with E-state index in [1.54, 1.807) is 0 Å². The van der Waals surface area contributed by atoms with Crippen molar-refractivity contribution in [2.75, 3.05) is 6.54 Å². The molecule has 15 heavy (non-hydrogen) atoms. The van der Waals surface area contributed by atoms with Gasteiger partial charge >= 0.3 is 0 Å². The molecule has 1 heteroatoms. The Balaban J connectivity index is 4.51. The molecule has 0 radical (unpaired) electrons. The lowest BCUT2D eigenvalue weighted by Gasteiger charge is -2.10. The van der Waals surface area contributed by atoms with Gasteiger partial charge in [0, 0.05) is 12.2 Å². The Kier molecular flexibility index (Phi) is 7.43. The van der Waals surface area contributed by atoms with Gasteiger partial charge in [-0.2, -0.15) is 0 Å². The van der Waals surface area contributed by atoms with Crippen LogP contribution in [0.4, 0.5) is 0 Å². The zero-order valence-electron chi connectivity index (χ0n) is 10.4. The van der Waals surface area contributed by atoms with Crippen LogP contribution in [0.25, 0.3) is 0 Å². The largest absolute Gasteiger partial charge is 0.385 e. The van der Waals surface area contributed by atoms with Crippen molar-refractivity contribution in [1.82, 2.24) is 5.32 Å². The van der Waals surface area contributed by atoms with Crippen LogP contribution in [0.1, 0.15) is 34.1 Å². The molecule has 0 aliphatic carbocycles. The Bertz CT molecular complexity index is 280. The highest BCUT2D eigenvalue weighted by Crippen LogP contribution is 2.09. The number of rotatable bonds is 6. The fraction of sp³-hybridized carbons (Fsp3) is 0.429. The molecular formula is C14H23N. The van der Waals surface area contributed by atoms with E-state index in [9.17, 15) is 0 Å². The van der Waals surface area contributed by atoms with Gasteiger partial charge in [0.05, 0.1) is 0 Å². The van der Waals surface area contributed by atoms with Crippen LogP contribution in [0.2, 0.25) is 0 Å². The molecule has 0 fully saturated rings. The highest BCUT2D eigenvalue weighted by Gasteiger charge is 1.97. The van der Waals surface area contributed by atoms with Gasteiger partial charge in [-0.15, -0.1) is 0 Å². The topological polar surface area (TPSA) is 12.0 Å². The molecule has 0 spiro atoms. The first-order valence-electron chi connectivity index (χ1n) is 5.56. The maximum Gasteiger partial charge on any atom is 0.0326 e. The maximum absolute atomic E-state index is 3.96. The fourth-order valence-corrected chi connectivity index (χ4v) is 1.35. The molecule has 0 unspecified atom stereocenters. The minimum atomic E-state index is 1.01. The van der Waals surface area contributed by atoms with Crippen LogP contribution in [-0.4, -0.2) is 6.54 Å². The molecule has 1 nitrogen and oxygen atoms in total. The Morgan fingerprint density at radius 1 is 1.33 bits per heavy atom. The van der Waals surface area contributed by atoms with Gasteiger partial charge in [0.2, 0.25) is 0 Å². The summed E-state index contributed by atoms with van der Waals surface area (Å²) in [6, 6.07) is 0. The maximum atomic E-state index is 3.96. The minimum Gasteiger partial charge on any atom is -0.385 e. The number of nitrogens with one attached hydrogen (secondary N) is 1. The van der Waals surface area contributed by atoms with Gasteiger partial charge in [0.1, 0.15) is 0 Å². The summed E-state index contributed by atoms with van der Waals surface area (Å²) in [5, 5.41) is 3.39. The summed E-state index contributed by atoms with van der Waals surface area (Å²) in [6.45, 7) is 13.3. The fourth-order valence-electron chi connectivity index (χ4n) is 1.35. The lowest BCUT2D eigenvalue weighted by molar-refractivity contribution is 0.774. The molecule has 0 rings (SSSR count). The van der Waals surface area contributed by atoms with Crippen LogP contribution >= 0.6 is 0 Å². The van der Waals surface area contributed by atoms with E-state index in [2.05, 4.69) is 37.9 Å². The zero-order valence-corrected chi connectivity index (χ0v) is 10.4. The summed E-state index contributed by atoms with van der Waals surface area (Å²) >= 11 is 0. The SMILES string of the molecule is C=C(/C=C(C)\C(=C/C)NCCC)/C=C/C. The Hall–Kier alpha value is -1.24. The molecule has 0 aromatic heterocycles. The standard InChI is InChI=1S/C14H23N/c1-6-9-12(4)11-13(5)14(8-3)15-10-7-2/h6,8-9,11,15H,4,7,10H2,1-3,5H3/b9-6+,13-11-,14-8+. The second-order valence-corrected chi connectivity index (χ2v) is 3.53. The molecule has 0 heterocycles. The molecule has 0 saturated heterocycles. The Labute approximate surface area is 94.3 Å². The highest BCUT2D eigenvalue weighted by atomic mass is 14.9. The van der Waals surface area contributed by atoms with E-state index in [-0.39, 0.29) is 0 Å². The summed E-state index contributed by atoms with van der Waals surface area (Å²) in [5.74, 6) is 0. The van der Waals surface area contributed by atoms with Gasteiger partial charge in [0.15, 0.2) is 0 Å². The van der Waals surface area contributed by atoms with Crippen molar-refractivity contribution in [3.05, 3.63) is 47.7 Å². The number of hydrogen-bond donors (Lipinski definition) is 1. The molecular weight excluding hydrogens is 182 g/mol. The van der Waals surface area contributed by atoms with Crippen LogP contribution in [-0.2, 0) is 0 Å². The van der Waals surface area contributed by atoms with E-state index in [0.717, 1.165) is 18.5 Å². The highest BCUT2D eigenvalue weighted by molar-refractivity contribution is 5.37. The minimum absolute atomic E-state index is 1.01. The van der Waals surface area contributed by atoms with Gasteiger partial charge in [-0.3, -0.25) is 0 Å². The van der Waals surface area contributed by atoms with E-state index in [4.69, 9.17) is 0 Å². The second kappa shape index (κ2) is 8.10. The predicted molar refractivity (Wildman–Crippen MR) is 69.8 cm³/mol. The summed E-state index contributed by atoms with van der Waals surface area (Å²) in [5.41, 5.74) is 3.46. The van der Waals surface area contributed by atoms with Gasteiger partial charge in [-0.25, -0.2) is 0 Å². The third-order valence-electron chi connectivity index (χ3n) is 2.06. The molecule has 0 saturated carbocycles. The molecule has 0 bridgehead atoms. The van der Waals surface area contributed by atoms with E-state index < -0.39 is 0 Å². The van der Waals surface area contributed by atoms with Crippen LogP contribution in [0.15, 0.2) is 47.7 Å². The molecule has 1 N–H and O–H groups in total. The summed E-state index contributed by atoms with van der Waals surface area (Å²) in [6.07, 6.45) is 9.35. The van der Waals surface area contributed by atoms with Gasteiger partial charge in [-0.1, -0.05) is 37.8 Å². The third-order valence-corrected chi connectivity index (χ3v) is 2.06. The second-order valence-electron chi connectivity index (χ2n) is 3.53. The number of allylic oxidation sites excluding steroid dienone is 6. The van der Waals surface area contributed by atoms with Crippen molar-refractivity contribution in [1.29, 1.82) is 0 Å². The number of hydrogen-bond acceptors (Lipinski definition) is 1. The first kappa shape index (κ1) is 13.8. The van der Waals surface area contributed by atoms with Crippen molar-refractivity contribution in [2.45, 2.75) is 34.1 Å². The molecule has 0 aromatic carbocycles. The van der Waals surface area contributed by atoms with Crippen LogP contribution in [0.5, 0.6) is 0 Å². The summed E-state index contributed by atoms with van der Waals surface area (Å²) in [7, 11) is 0. The lowest BCUT2D eigenvalue weighted by atomic mass is 10.1. The molecule has 0 aliphatic heterocycles. The monoisotopic (exact) mass is 205 g/mol. The van der Waals surface area contributed by atoms with E-state index in [0.29, 0.717) is 0 Å². The van der Waals surface area contributed by atoms with Crippen molar-refractivity contribution in [2.24, 2.45) is 0 Å². The molecule has 0 amide bonds. The van der Waals surface area contributed by atoms with Crippen molar-refractivity contribution < 1.29 is 0 Å². The average Bonchev–Trinajstić information content (AvgIpc) is 2.19. The van der Waals surface area contributed by atoms with Crippen molar-refractivity contribution in [3.63, 3.8) is 0 Å². The smallest absolute Gasteiger partial charge is 0.0326 e. The van der Waals surface area contributed by atoms with E-state index in [1.807, 2.05) is 26.0 Å². The van der Waals surface area contributed by atoms with Crippen molar-refractivity contribution >= 4 is 0 Å². The third kappa shape index (κ3) is 5.95. The summed E-state index contributed by atoms with van der Waals surface area (Å²) < 4.78 is 0. The zero-order chi connectivity index (χ0) is 11.7. The van der Waals surface area contributed by atoms with Gasteiger partial charge < -0.3 is 5.32 Å². The normalized spacial score (nSPS) is 13.3. The van der Waals surface area contributed by atoms with Crippen LogP contribution < -0.4 is 5.32 Å². The summed E-state index contributed by atoms with van der Waals surface area (Å²) in [4.78, 5) is 0. The van der Waals surface area contributed by atoms with Crippen molar-refractivity contribution in [3.8, 4) is 0 Å². The van der Waals surface area contributed by atoms with E-state index >= 15 is 0 Å². The predicted octanol–water partition coefficient (Wildman–Crippen LogP) is 3.97. The first-order valence-corrected chi connectivity index (χ1v) is 5.56. The van der Waals surface area contributed by atoms with Gasteiger partial charge in [0.25, 0.3) is 0 Å². The molecule has 0 atom stereocenters. The molecule has 0 aromatic rings. The first-order chi connectivity index (χ1) is 7.15. The quantitative estimate of drug-likeness (QED) is 0.647. The molecule has 84 valence electrons. The molecule has 0 aliphatic rings.